The summed E-state index contributed by atoms with van der Waals surface area (Å²) < 4.78 is 0. The van der Waals surface area contributed by atoms with E-state index in [2.05, 4.69) is 0 Å². The van der Waals surface area contributed by atoms with Crippen LogP contribution in [0.2, 0.25) is 0 Å². The van der Waals surface area contributed by atoms with Crippen molar-refractivity contribution in [2.75, 3.05) is 0 Å². The molecule has 4 N–H and O–H groups in total. The van der Waals surface area contributed by atoms with Gasteiger partial charge in [0.2, 0.25) is 5.60 Å². The average molecular weight is 161 g/mol. The number of nitrogens with two attached hydrogens (primary N) is 1. The topological polar surface area (TPSA) is 101 Å². The third kappa shape index (κ3) is 1.99. The van der Waals surface area contributed by atoms with Gasteiger partial charge in [0.15, 0.2) is 5.78 Å². The first-order valence-electron chi connectivity index (χ1n) is 3.05. The van der Waals surface area contributed by atoms with Crippen LogP contribution >= 0.6 is 0 Å². The molecule has 0 aliphatic heterocycles. The Kier molecular flexibility index (Phi) is 2.72. The Hall–Kier alpha value is -0.940. The van der Waals surface area contributed by atoms with Crippen LogP contribution in [0.4, 0.5) is 0 Å². The summed E-state index contributed by atoms with van der Waals surface area (Å²) in [5.41, 5.74) is 2.72. The Balaban J connectivity index is 4.56. The van der Waals surface area contributed by atoms with Crippen LogP contribution in [0.3, 0.4) is 0 Å². The molecule has 11 heavy (non-hydrogen) atoms. The molecule has 5 heteroatoms. The maximum absolute atomic E-state index is 10.9. The minimum atomic E-state index is -2.37. The summed E-state index contributed by atoms with van der Waals surface area (Å²) in [5.74, 6) is -2.48. The summed E-state index contributed by atoms with van der Waals surface area (Å²) in [5, 5.41) is 17.3. The summed E-state index contributed by atoms with van der Waals surface area (Å²) in [6, 6.07) is -0.971. The minimum Gasteiger partial charge on any atom is -0.479 e. The molecule has 64 valence electrons. The van der Waals surface area contributed by atoms with Crippen LogP contribution in [0.25, 0.3) is 0 Å². The molecule has 0 aromatic heterocycles. The zero-order valence-corrected chi connectivity index (χ0v) is 6.37. The highest BCUT2D eigenvalue weighted by Crippen LogP contribution is 2.06. The number of Topliss-reactive ketones (excluding diaryl/α,β-unsaturated/α-hetero) is 1. The van der Waals surface area contributed by atoms with E-state index in [9.17, 15) is 9.59 Å². The number of carbonyl (C=O) groups is 2. The second kappa shape index (κ2) is 2.98. The Labute approximate surface area is 63.8 Å². The van der Waals surface area contributed by atoms with Crippen molar-refractivity contribution in [1.29, 1.82) is 0 Å². The number of ketones is 1. The first-order chi connectivity index (χ1) is 4.80. The van der Waals surface area contributed by atoms with E-state index in [0.29, 0.717) is 0 Å². The number of carboxylic acid groups (broad SMARTS) is 1. The zero-order valence-electron chi connectivity index (χ0n) is 6.37. The van der Waals surface area contributed by atoms with E-state index in [1.807, 2.05) is 0 Å². The van der Waals surface area contributed by atoms with Gasteiger partial charge in [0.1, 0.15) is 0 Å². The van der Waals surface area contributed by atoms with E-state index in [1.54, 1.807) is 0 Å². The van der Waals surface area contributed by atoms with Crippen LogP contribution in [0.15, 0.2) is 0 Å². The Morgan fingerprint density at radius 3 is 2.00 bits per heavy atom. The van der Waals surface area contributed by atoms with Crippen molar-refractivity contribution < 1.29 is 19.8 Å². The van der Waals surface area contributed by atoms with Gasteiger partial charge in [0.25, 0.3) is 0 Å². The monoisotopic (exact) mass is 161 g/mol. The van der Waals surface area contributed by atoms with Crippen LogP contribution in [0.1, 0.15) is 13.8 Å². The van der Waals surface area contributed by atoms with Crippen LogP contribution in [0, 0.1) is 0 Å². The fourth-order valence-corrected chi connectivity index (χ4v) is 0.549. The molecule has 0 saturated heterocycles. The van der Waals surface area contributed by atoms with Gasteiger partial charge in [-0.15, -0.1) is 0 Å². The molecule has 0 amide bonds. The van der Waals surface area contributed by atoms with Crippen molar-refractivity contribution in [3.63, 3.8) is 0 Å². The molecule has 0 saturated carbocycles. The van der Waals surface area contributed by atoms with Gasteiger partial charge in [0, 0.05) is 0 Å². The van der Waals surface area contributed by atoms with Gasteiger partial charge >= 0.3 is 5.97 Å². The van der Waals surface area contributed by atoms with E-state index >= 15 is 0 Å². The molecule has 0 bridgehead atoms. The van der Waals surface area contributed by atoms with E-state index in [-0.39, 0.29) is 0 Å². The van der Waals surface area contributed by atoms with Crippen LogP contribution in [-0.4, -0.2) is 33.6 Å². The zero-order chi connectivity index (χ0) is 9.23. The lowest BCUT2D eigenvalue weighted by Crippen LogP contribution is -2.50. The summed E-state index contributed by atoms with van der Waals surface area (Å²) in [7, 11) is 0. The van der Waals surface area contributed by atoms with E-state index in [4.69, 9.17) is 15.9 Å². The van der Waals surface area contributed by atoms with Crippen molar-refractivity contribution in [3.05, 3.63) is 0 Å². The predicted octanol–water partition coefficient (Wildman–Crippen LogP) is -1.26. The highest BCUT2D eigenvalue weighted by molar-refractivity contribution is 6.07. The SMILES string of the molecule is C[C@@H](N)C(=O)[C@](C)(O)C(=O)O. The van der Waals surface area contributed by atoms with Gasteiger partial charge in [-0.2, -0.15) is 0 Å². The minimum absolute atomic E-state index is 0.898. The molecule has 0 spiro atoms. The third-order valence-corrected chi connectivity index (χ3v) is 1.31. The highest BCUT2D eigenvalue weighted by Gasteiger charge is 2.40. The lowest BCUT2D eigenvalue weighted by Gasteiger charge is -2.17. The lowest BCUT2D eigenvalue weighted by atomic mass is 9.97. The molecule has 2 atom stereocenters. The number of rotatable bonds is 3. The van der Waals surface area contributed by atoms with Crippen molar-refractivity contribution in [3.8, 4) is 0 Å². The largest absolute Gasteiger partial charge is 0.479 e. The van der Waals surface area contributed by atoms with Gasteiger partial charge in [0.05, 0.1) is 6.04 Å². The fraction of sp³-hybridized carbons (Fsp3) is 0.667. The highest BCUT2D eigenvalue weighted by atomic mass is 16.4. The molecule has 0 radical (unpaired) electrons. The molecule has 0 rings (SSSR count). The van der Waals surface area contributed by atoms with Crippen LogP contribution < -0.4 is 5.73 Å². The summed E-state index contributed by atoms with van der Waals surface area (Å²) in [6.07, 6.45) is 0. The number of aliphatic carboxylic acids is 1. The normalized spacial score (nSPS) is 18.5. The maximum Gasteiger partial charge on any atom is 0.343 e. The molecule has 0 aromatic rings. The molecule has 0 unspecified atom stereocenters. The summed E-state index contributed by atoms with van der Waals surface area (Å²) >= 11 is 0. The second-order valence-corrected chi connectivity index (χ2v) is 2.53. The number of aliphatic hydroxyl groups is 1. The van der Waals surface area contributed by atoms with Gasteiger partial charge < -0.3 is 15.9 Å². The molecule has 0 fully saturated rings. The molecular formula is C6H11NO4. The quantitative estimate of drug-likeness (QED) is 0.448. The molecule has 0 aliphatic rings. The summed E-state index contributed by atoms with van der Waals surface area (Å²) in [6.45, 7) is 2.22. The maximum atomic E-state index is 10.9. The van der Waals surface area contributed by atoms with Crippen molar-refractivity contribution in [2.24, 2.45) is 5.73 Å². The number of hydrogen-bond donors (Lipinski definition) is 3. The van der Waals surface area contributed by atoms with Gasteiger partial charge in [-0.1, -0.05) is 0 Å². The molecular weight excluding hydrogens is 150 g/mol. The standard InChI is InChI=1S/C6H11NO4/c1-3(7)4(8)6(2,11)5(9)10/h3,11H,7H2,1-2H3,(H,9,10)/t3-,6+/m1/s1. The van der Waals surface area contributed by atoms with Gasteiger partial charge in [-0.3, -0.25) is 4.79 Å². The van der Waals surface area contributed by atoms with E-state index in [1.165, 1.54) is 6.92 Å². The Morgan fingerprint density at radius 1 is 1.55 bits per heavy atom. The van der Waals surface area contributed by atoms with E-state index in [0.717, 1.165) is 6.92 Å². The molecule has 0 heterocycles. The molecule has 0 aliphatic carbocycles. The fourth-order valence-electron chi connectivity index (χ4n) is 0.549. The average Bonchev–Trinajstić information content (AvgIpc) is 1.85. The van der Waals surface area contributed by atoms with Crippen molar-refractivity contribution in [1.82, 2.24) is 0 Å². The van der Waals surface area contributed by atoms with Crippen molar-refractivity contribution in [2.45, 2.75) is 25.5 Å². The second-order valence-electron chi connectivity index (χ2n) is 2.53. The van der Waals surface area contributed by atoms with Gasteiger partial charge in [-0.05, 0) is 13.8 Å². The lowest BCUT2D eigenvalue weighted by molar-refractivity contribution is -0.163. The summed E-state index contributed by atoms with van der Waals surface area (Å²) in [4.78, 5) is 21.1. The molecule has 5 nitrogen and oxygen atoms in total. The van der Waals surface area contributed by atoms with Gasteiger partial charge in [-0.25, -0.2) is 4.79 Å². The van der Waals surface area contributed by atoms with E-state index < -0.39 is 23.4 Å². The number of carboxylic acids is 1. The van der Waals surface area contributed by atoms with Crippen LogP contribution in [-0.2, 0) is 9.59 Å². The first-order valence-corrected chi connectivity index (χ1v) is 3.05. The molecule has 0 aromatic carbocycles. The third-order valence-electron chi connectivity index (χ3n) is 1.31. The number of carbonyl (C=O) groups excluding carboxylic acids is 1. The Morgan fingerprint density at radius 2 is 1.91 bits per heavy atom. The van der Waals surface area contributed by atoms with Crippen LogP contribution in [0.5, 0.6) is 0 Å². The Bertz CT molecular complexity index is 185. The number of hydrogen-bond acceptors (Lipinski definition) is 4. The predicted molar refractivity (Wildman–Crippen MR) is 36.9 cm³/mol. The van der Waals surface area contributed by atoms with Crippen molar-refractivity contribution >= 4 is 11.8 Å². The first kappa shape index (κ1) is 10.1. The smallest absolute Gasteiger partial charge is 0.343 e.